The predicted molar refractivity (Wildman–Crippen MR) is 141 cm³/mol. The molecule has 1 aliphatic heterocycles. The molecule has 0 unspecified atom stereocenters. The van der Waals surface area contributed by atoms with E-state index in [0.717, 1.165) is 25.7 Å². The zero-order valence-corrected chi connectivity index (χ0v) is 23.6. The monoisotopic (exact) mass is 553 g/mol. The van der Waals surface area contributed by atoms with Gasteiger partial charge in [-0.25, -0.2) is 12.8 Å². The molecule has 38 heavy (non-hydrogen) atoms. The quantitative estimate of drug-likeness (QED) is 0.342. The highest BCUT2D eigenvalue weighted by molar-refractivity contribution is 7.91. The average Bonchev–Trinajstić information content (AvgIpc) is 3.61. The molecule has 10 heteroatoms. The lowest BCUT2D eigenvalue weighted by Gasteiger charge is -2.33. The number of piperidine rings is 1. The van der Waals surface area contributed by atoms with Gasteiger partial charge in [0.1, 0.15) is 18.0 Å². The molecule has 2 aliphatic rings. The Morgan fingerprint density at radius 1 is 1.11 bits per heavy atom. The summed E-state index contributed by atoms with van der Waals surface area (Å²) in [4.78, 5) is 26.3. The zero-order chi connectivity index (χ0) is 28.0. The third-order valence-corrected chi connectivity index (χ3v) is 8.31. The van der Waals surface area contributed by atoms with Gasteiger partial charge in [-0.1, -0.05) is 6.92 Å². The molecule has 0 aromatic heterocycles. The van der Waals surface area contributed by atoms with Crippen molar-refractivity contribution in [3.8, 4) is 5.75 Å². The predicted octanol–water partition coefficient (Wildman–Crippen LogP) is 4.83. The van der Waals surface area contributed by atoms with Crippen LogP contribution in [0.5, 0.6) is 5.75 Å². The smallest absolute Gasteiger partial charge is 0.306 e. The summed E-state index contributed by atoms with van der Waals surface area (Å²) in [6.07, 6.45) is 4.14. The van der Waals surface area contributed by atoms with Crippen LogP contribution in [0, 0.1) is 11.3 Å². The van der Waals surface area contributed by atoms with Crippen LogP contribution < -0.4 is 4.74 Å². The number of carbonyl (C=O) groups excluding carboxylic acids is 2. The van der Waals surface area contributed by atoms with Crippen LogP contribution >= 0.6 is 0 Å². The van der Waals surface area contributed by atoms with Crippen molar-refractivity contribution in [1.29, 1.82) is 0 Å². The molecule has 0 bridgehead atoms. The fourth-order valence-corrected chi connectivity index (χ4v) is 5.21. The molecule has 0 radical (unpaired) electrons. The second kappa shape index (κ2) is 12.6. The van der Waals surface area contributed by atoms with Crippen LogP contribution in [0.3, 0.4) is 0 Å². The van der Waals surface area contributed by atoms with E-state index in [1.165, 1.54) is 24.3 Å². The summed E-state index contributed by atoms with van der Waals surface area (Å²) < 4.78 is 54.9. The first-order valence-electron chi connectivity index (χ1n) is 13.1. The number of halogens is 1. The molecule has 212 valence electrons. The van der Waals surface area contributed by atoms with Gasteiger partial charge in [-0.15, -0.1) is 0 Å². The Hall–Kier alpha value is -2.46. The lowest BCUT2D eigenvalue weighted by molar-refractivity contribution is -0.154. The number of ether oxygens (including phenoxy) is 3. The van der Waals surface area contributed by atoms with Gasteiger partial charge in [0.15, 0.2) is 5.94 Å². The van der Waals surface area contributed by atoms with E-state index >= 15 is 0 Å². The second-order valence-corrected chi connectivity index (χ2v) is 13.5. The Kier molecular flexibility index (Phi) is 9.97. The molecule has 1 aliphatic carbocycles. The van der Waals surface area contributed by atoms with E-state index in [0.29, 0.717) is 31.8 Å². The number of amides is 1. The third kappa shape index (κ3) is 9.08. The van der Waals surface area contributed by atoms with Crippen molar-refractivity contribution in [2.45, 2.75) is 76.7 Å². The summed E-state index contributed by atoms with van der Waals surface area (Å²) in [5.41, 5.74) is -0.475. The van der Waals surface area contributed by atoms with E-state index < -0.39 is 27.3 Å². The molecule has 3 rings (SSSR count). The maximum atomic E-state index is 13.2. The number of hydrogen-bond acceptors (Lipinski definition) is 7. The molecule has 1 amide bonds. The van der Waals surface area contributed by atoms with Crippen molar-refractivity contribution in [3.05, 3.63) is 36.2 Å². The van der Waals surface area contributed by atoms with Crippen molar-refractivity contribution in [1.82, 2.24) is 4.90 Å². The molecule has 1 saturated heterocycles. The number of benzene rings is 1. The maximum Gasteiger partial charge on any atom is 0.306 e. The number of esters is 1. The highest BCUT2D eigenvalue weighted by Crippen LogP contribution is 2.47. The van der Waals surface area contributed by atoms with Crippen molar-refractivity contribution in [3.63, 3.8) is 0 Å². The summed E-state index contributed by atoms with van der Waals surface area (Å²) >= 11 is 0. The van der Waals surface area contributed by atoms with Gasteiger partial charge in [-0.2, -0.15) is 0 Å². The minimum Gasteiger partial charge on any atom is -0.489 e. The Balaban J connectivity index is 1.38. The number of nitrogens with zero attached hydrogens (tertiary/aromatic N) is 1. The topological polar surface area (TPSA) is 99.2 Å². The van der Waals surface area contributed by atoms with Gasteiger partial charge in [0.05, 0.1) is 17.8 Å². The van der Waals surface area contributed by atoms with Crippen LogP contribution in [-0.4, -0.2) is 63.0 Å². The van der Waals surface area contributed by atoms with Crippen molar-refractivity contribution < 1.29 is 36.6 Å². The lowest BCUT2D eigenvalue weighted by Crippen LogP contribution is -2.42. The SMILES string of the molecule is CC(C)(C)OC(=O)CC/C(=C\F)COc1ccc(S(=O)(=O)COCC2CCN(C(=O)C3(C)CC3)CC2)cc1. The van der Waals surface area contributed by atoms with Gasteiger partial charge in [0, 0.05) is 24.9 Å². The molecule has 0 spiro atoms. The first-order chi connectivity index (χ1) is 17.8. The van der Waals surface area contributed by atoms with E-state index in [2.05, 4.69) is 0 Å². The maximum absolute atomic E-state index is 13.2. The minimum absolute atomic E-state index is 0.0320. The first-order valence-corrected chi connectivity index (χ1v) is 14.8. The molecular weight excluding hydrogens is 513 g/mol. The Morgan fingerprint density at radius 2 is 1.74 bits per heavy atom. The number of carbonyl (C=O) groups is 2. The van der Waals surface area contributed by atoms with Gasteiger partial charge < -0.3 is 19.1 Å². The lowest BCUT2D eigenvalue weighted by atomic mass is 9.96. The van der Waals surface area contributed by atoms with Gasteiger partial charge in [0.25, 0.3) is 0 Å². The van der Waals surface area contributed by atoms with Crippen molar-refractivity contribution >= 4 is 21.7 Å². The second-order valence-electron chi connectivity index (χ2n) is 11.5. The fraction of sp³-hybridized carbons (Fsp3) is 0.643. The van der Waals surface area contributed by atoms with Crippen LogP contribution in [0.2, 0.25) is 0 Å². The van der Waals surface area contributed by atoms with E-state index in [1.807, 2.05) is 11.8 Å². The number of sulfone groups is 1. The normalized spacial score (nSPS) is 18.2. The molecule has 1 aromatic carbocycles. The Morgan fingerprint density at radius 3 is 2.29 bits per heavy atom. The first kappa shape index (κ1) is 30.1. The molecular formula is C28H40FNO7S. The number of rotatable bonds is 12. The molecule has 0 N–H and O–H groups in total. The van der Waals surface area contributed by atoms with Crippen LogP contribution in [0.25, 0.3) is 0 Å². The highest BCUT2D eigenvalue weighted by Gasteiger charge is 2.47. The van der Waals surface area contributed by atoms with E-state index in [1.54, 1.807) is 20.8 Å². The van der Waals surface area contributed by atoms with Gasteiger partial charge in [-0.05, 0) is 88.6 Å². The molecule has 0 atom stereocenters. The van der Waals surface area contributed by atoms with Crippen LogP contribution in [-0.2, 0) is 28.9 Å². The van der Waals surface area contributed by atoms with Crippen molar-refractivity contribution in [2.24, 2.45) is 11.3 Å². The van der Waals surface area contributed by atoms with Crippen LogP contribution in [0.4, 0.5) is 4.39 Å². The molecule has 8 nitrogen and oxygen atoms in total. The highest BCUT2D eigenvalue weighted by atomic mass is 32.2. The molecule has 1 aromatic rings. The summed E-state index contributed by atoms with van der Waals surface area (Å²) in [6, 6.07) is 5.86. The number of likely N-dealkylation sites (tertiary alicyclic amines) is 1. The summed E-state index contributed by atoms with van der Waals surface area (Å²) in [6.45, 7) is 8.95. The summed E-state index contributed by atoms with van der Waals surface area (Å²) in [5, 5.41) is 0. The van der Waals surface area contributed by atoms with E-state index in [4.69, 9.17) is 14.2 Å². The molecule has 1 heterocycles. The van der Waals surface area contributed by atoms with Gasteiger partial charge in [-0.3, -0.25) is 9.59 Å². The molecule has 2 fully saturated rings. The molecule has 1 saturated carbocycles. The largest absolute Gasteiger partial charge is 0.489 e. The Labute approximate surface area is 225 Å². The van der Waals surface area contributed by atoms with E-state index in [-0.39, 0.29) is 47.2 Å². The average molecular weight is 554 g/mol. The van der Waals surface area contributed by atoms with E-state index in [9.17, 15) is 22.4 Å². The third-order valence-electron chi connectivity index (χ3n) is 6.84. The summed E-state index contributed by atoms with van der Waals surface area (Å²) in [5.74, 6) is -0.00107. The zero-order valence-electron chi connectivity index (χ0n) is 22.8. The number of hydrogen-bond donors (Lipinski definition) is 0. The van der Waals surface area contributed by atoms with Gasteiger partial charge >= 0.3 is 5.97 Å². The summed E-state index contributed by atoms with van der Waals surface area (Å²) in [7, 11) is -3.65. The minimum atomic E-state index is -3.65. The van der Waals surface area contributed by atoms with Crippen LogP contribution in [0.15, 0.2) is 41.1 Å². The Bertz CT molecular complexity index is 1100. The van der Waals surface area contributed by atoms with Crippen molar-refractivity contribution in [2.75, 3.05) is 32.2 Å². The fourth-order valence-electron chi connectivity index (χ4n) is 4.21. The standard InChI is InChI=1S/C28H40FNO7S/c1-27(2,3)37-25(31)10-5-22(17-29)19-36-23-6-8-24(9-7-23)38(33,34)20-35-18-21-11-15-30(16-12-21)26(32)28(4)13-14-28/h6-9,17,21H,5,10-16,18-20H2,1-4H3/b22-17+. The van der Waals surface area contributed by atoms with Gasteiger partial charge in [0.2, 0.25) is 15.7 Å². The van der Waals surface area contributed by atoms with Crippen LogP contribution in [0.1, 0.15) is 66.2 Å².